The van der Waals surface area contributed by atoms with Crippen molar-refractivity contribution in [3.05, 3.63) is 87.0 Å². The van der Waals surface area contributed by atoms with Gasteiger partial charge in [-0.15, -0.1) is 0 Å². The third-order valence-electron chi connectivity index (χ3n) is 5.22. The Bertz CT molecular complexity index is 1320. The molecule has 7 nitrogen and oxygen atoms in total. The number of nitrogens with one attached hydrogen (secondary N) is 1. The Morgan fingerprint density at radius 2 is 1.77 bits per heavy atom. The Balaban J connectivity index is 1.68. The molecule has 152 valence electrons. The molecule has 0 spiro atoms. The first-order valence-electron chi connectivity index (χ1n) is 9.72. The molecule has 2 heterocycles. The molecule has 0 unspecified atom stereocenters. The topological polar surface area (TPSA) is 81.8 Å². The molecule has 0 aliphatic carbocycles. The number of carbonyl (C=O) groups is 1. The lowest BCUT2D eigenvalue weighted by atomic mass is 10.1. The summed E-state index contributed by atoms with van der Waals surface area (Å²) in [6.45, 7) is 6.23. The van der Waals surface area contributed by atoms with E-state index < -0.39 is 5.91 Å². The average molecular weight is 401 g/mol. The first kappa shape index (κ1) is 19.6. The maximum Gasteiger partial charge on any atom is 0.280 e. The second-order valence-electron chi connectivity index (χ2n) is 7.47. The van der Waals surface area contributed by atoms with E-state index in [1.54, 1.807) is 17.8 Å². The third-order valence-corrected chi connectivity index (χ3v) is 5.22. The smallest absolute Gasteiger partial charge is 0.280 e. The van der Waals surface area contributed by atoms with Gasteiger partial charge in [-0.05, 0) is 38.5 Å². The highest BCUT2D eigenvalue weighted by Crippen LogP contribution is 2.21. The maximum absolute atomic E-state index is 13.0. The summed E-state index contributed by atoms with van der Waals surface area (Å²) < 4.78 is 3.40. The molecule has 30 heavy (non-hydrogen) atoms. The van der Waals surface area contributed by atoms with Crippen LogP contribution in [0.5, 0.6) is 0 Å². The first-order chi connectivity index (χ1) is 14.3. The van der Waals surface area contributed by atoms with E-state index in [0.717, 1.165) is 16.8 Å². The van der Waals surface area contributed by atoms with E-state index in [9.17, 15) is 9.59 Å². The van der Waals surface area contributed by atoms with Crippen LogP contribution in [0.3, 0.4) is 0 Å². The molecule has 4 aromatic rings. The molecule has 0 saturated carbocycles. The van der Waals surface area contributed by atoms with Crippen molar-refractivity contribution >= 4 is 22.5 Å². The van der Waals surface area contributed by atoms with E-state index in [2.05, 4.69) is 15.5 Å². The molecule has 0 radical (unpaired) electrons. The Labute approximate surface area is 174 Å². The zero-order chi connectivity index (χ0) is 21.4. The number of anilines is 1. The van der Waals surface area contributed by atoms with Crippen molar-refractivity contribution in [2.45, 2.75) is 27.3 Å². The number of hydrogen-bond donors (Lipinski definition) is 1. The number of rotatable bonds is 4. The second-order valence-corrected chi connectivity index (χ2v) is 7.47. The van der Waals surface area contributed by atoms with Gasteiger partial charge in [0.05, 0.1) is 34.5 Å². The number of aromatic nitrogens is 4. The van der Waals surface area contributed by atoms with Crippen molar-refractivity contribution in [2.24, 2.45) is 7.05 Å². The standard InChI is InChI=1S/C23H23N5O2/c1-14-10-11-19-18(12-14)22(29)21(26-27(19)4)23(30)24-20-15(2)25-28(16(20)3)13-17-8-6-5-7-9-17/h5-12H,13H2,1-4H3,(H,24,30). The van der Waals surface area contributed by atoms with Gasteiger partial charge in [0, 0.05) is 7.05 Å². The van der Waals surface area contributed by atoms with Crippen LogP contribution in [0.1, 0.15) is 33.0 Å². The van der Waals surface area contributed by atoms with Crippen LogP contribution in [0.25, 0.3) is 10.9 Å². The molecule has 0 fully saturated rings. The quantitative estimate of drug-likeness (QED) is 0.569. The highest BCUT2D eigenvalue weighted by molar-refractivity contribution is 6.04. The predicted octanol–water partition coefficient (Wildman–Crippen LogP) is 3.36. The van der Waals surface area contributed by atoms with E-state index >= 15 is 0 Å². The van der Waals surface area contributed by atoms with Gasteiger partial charge in [0.1, 0.15) is 0 Å². The van der Waals surface area contributed by atoms with Crippen molar-refractivity contribution in [1.29, 1.82) is 0 Å². The van der Waals surface area contributed by atoms with E-state index in [4.69, 9.17) is 0 Å². The van der Waals surface area contributed by atoms with Crippen LogP contribution in [0.4, 0.5) is 5.69 Å². The van der Waals surface area contributed by atoms with Crippen molar-refractivity contribution in [1.82, 2.24) is 19.6 Å². The number of aryl methyl sites for hydroxylation is 3. The number of benzene rings is 2. The zero-order valence-electron chi connectivity index (χ0n) is 17.4. The fourth-order valence-electron chi connectivity index (χ4n) is 3.60. The molecular weight excluding hydrogens is 378 g/mol. The van der Waals surface area contributed by atoms with Crippen LogP contribution in [0.2, 0.25) is 0 Å². The van der Waals surface area contributed by atoms with Gasteiger partial charge >= 0.3 is 0 Å². The number of amides is 1. The Kier molecular flexibility index (Phi) is 4.95. The van der Waals surface area contributed by atoms with Crippen molar-refractivity contribution in [3.8, 4) is 0 Å². The van der Waals surface area contributed by atoms with Crippen LogP contribution < -0.4 is 10.7 Å². The van der Waals surface area contributed by atoms with Gasteiger partial charge in [-0.3, -0.25) is 19.0 Å². The SMILES string of the molecule is Cc1ccc2c(c1)c(=O)c(C(=O)Nc1c(C)nn(Cc3ccccc3)c1C)nn2C. The van der Waals surface area contributed by atoms with Crippen LogP contribution in [-0.4, -0.2) is 25.5 Å². The molecule has 2 aromatic carbocycles. The maximum atomic E-state index is 13.0. The summed E-state index contributed by atoms with van der Waals surface area (Å²) in [5.74, 6) is -0.538. The third kappa shape index (κ3) is 3.50. The molecule has 0 aliphatic rings. The number of hydrogen-bond acceptors (Lipinski definition) is 4. The summed E-state index contributed by atoms with van der Waals surface area (Å²) in [4.78, 5) is 25.9. The minimum Gasteiger partial charge on any atom is -0.317 e. The molecule has 0 bridgehead atoms. The van der Waals surface area contributed by atoms with Crippen LogP contribution in [-0.2, 0) is 13.6 Å². The van der Waals surface area contributed by atoms with Crippen molar-refractivity contribution in [3.63, 3.8) is 0 Å². The second kappa shape index (κ2) is 7.59. The van der Waals surface area contributed by atoms with Gasteiger partial charge in [0.15, 0.2) is 5.69 Å². The minimum atomic E-state index is -0.538. The summed E-state index contributed by atoms with van der Waals surface area (Å²) >= 11 is 0. The molecule has 0 saturated heterocycles. The monoisotopic (exact) mass is 401 g/mol. The lowest BCUT2D eigenvalue weighted by Gasteiger charge is -2.10. The Morgan fingerprint density at radius 1 is 1.03 bits per heavy atom. The van der Waals surface area contributed by atoms with Gasteiger partial charge in [-0.2, -0.15) is 10.2 Å². The predicted molar refractivity (Wildman–Crippen MR) is 117 cm³/mol. The summed E-state index contributed by atoms with van der Waals surface area (Å²) in [6, 6.07) is 15.5. The van der Waals surface area contributed by atoms with E-state index in [-0.39, 0.29) is 11.1 Å². The van der Waals surface area contributed by atoms with Crippen LogP contribution in [0.15, 0.2) is 53.3 Å². The lowest BCUT2D eigenvalue weighted by molar-refractivity contribution is 0.101. The Hall–Kier alpha value is -3.74. The lowest BCUT2D eigenvalue weighted by Crippen LogP contribution is -2.26. The van der Waals surface area contributed by atoms with E-state index in [1.165, 1.54) is 0 Å². The zero-order valence-corrected chi connectivity index (χ0v) is 17.4. The number of fused-ring (bicyclic) bond motifs is 1. The highest BCUT2D eigenvalue weighted by Gasteiger charge is 2.20. The van der Waals surface area contributed by atoms with Gasteiger partial charge < -0.3 is 5.32 Å². The summed E-state index contributed by atoms with van der Waals surface area (Å²) in [5.41, 5.74) is 4.34. The molecule has 0 atom stereocenters. The van der Waals surface area contributed by atoms with Gasteiger partial charge in [-0.25, -0.2) is 0 Å². The summed E-state index contributed by atoms with van der Waals surface area (Å²) in [5, 5.41) is 12.1. The molecule has 1 amide bonds. The van der Waals surface area contributed by atoms with Crippen LogP contribution in [0, 0.1) is 20.8 Å². The first-order valence-corrected chi connectivity index (χ1v) is 9.72. The van der Waals surface area contributed by atoms with E-state index in [1.807, 2.05) is 67.9 Å². The van der Waals surface area contributed by atoms with Gasteiger partial charge in [0.25, 0.3) is 5.91 Å². The van der Waals surface area contributed by atoms with Crippen LogP contribution >= 0.6 is 0 Å². The van der Waals surface area contributed by atoms with Crippen molar-refractivity contribution < 1.29 is 4.79 Å². The van der Waals surface area contributed by atoms with Gasteiger partial charge in [0.2, 0.25) is 5.43 Å². The molecular formula is C23H23N5O2. The molecule has 1 N–H and O–H groups in total. The minimum absolute atomic E-state index is 0.134. The highest BCUT2D eigenvalue weighted by atomic mass is 16.2. The normalized spacial score (nSPS) is 11.1. The molecule has 7 heteroatoms. The van der Waals surface area contributed by atoms with Gasteiger partial charge in [-0.1, -0.05) is 42.0 Å². The molecule has 4 rings (SSSR count). The fourth-order valence-corrected chi connectivity index (χ4v) is 3.60. The van der Waals surface area contributed by atoms with Crippen molar-refractivity contribution in [2.75, 3.05) is 5.32 Å². The fraction of sp³-hybridized carbons (Fsp3) is 0.217. The molecule has 0 aliphatic heterocycles. The summed E-state index contributed by atoms with van der Waals surface area (Å²) in [7, 11) is 1.72. The molecule has 2 aromatic heterocycles. The van der Waals surface area contributed by atoms with E-state index in [0.29, 0.717) is 28.8 Å². The average Bonchev–Trinajstić information content (AvgIpc) is 2.98. The summed E-state index contributed by atoms with van der Waals surface area (Å²) in [6.07, 6.45) is 0. The Morgan fingerprint density at radius 3 is 2.50 bits per heavy atom. The largest absolute Gasteiger partial charge is 0.317 e. The number of carbonyl (C=O) groups excluding carboxylic acids is 1. The number of nitrogens with zero attached hydrogens (tertiary/aromatic N) is 4.